The predicted octanol–water partition coefficient (Wildman–Crippen LogP) is 4.31. The number of para-hydroxylation sites is 1. The first-order valence-electron chi connectivity index (χ1n) is 8.28. The second kappa shape index (κ2) is 8.30. The van der Waals surface area contributed by atoms with E-state index >= 15 is 0 Å². The monoisotopic (exact) mass is 355 g/mol. The fourth-order valence-electron chi connectivity index (χ4n) is 2.81. The van der Waals surface area contributed by atoms with Gasteiger partial charge in [0.15, 0.2) is 0 Å². The van der Waals surface area contributed by atoms with Crippen molar-refractivity contribution in [3.63, 3.8) is 0 Å². The molecule has 2 aromatic carbocycles. The molecular weight excluding hydrogens is 334 g/mol. The van der Waals surface area contributed by atoms with Crippen molar-refractivity contribution in [3.05, 3.63) is 82.6 Å². The van der Waals surface area contributed by atoms with Gasteiger partial charge >= 0.3 is 0 Å². The summed E-state index contributed by atoms with van der Waals surface area (Å²) in [6.07, 6.45) is 0.00412. The molecular formula is C20H22ClN3O. The summed E-state index contributed by atoms with van der Waals surface area (Å²) in [4.78, 5) is 0. The quantitative estimate of drug-likeness (QED) is 0.686. The number of rotatable bonds is 7. The number of nitrogens with one attached hydrogen (secondary N) is 1. The first-order valence-corrected chi connectivity index (χ1v) is 8.66. The molecule has 5 heteroatoms. The van der Waals surface area contributed by atoms with Crippen molar-refractivity contribution < 1.29 is 4.74 Å². The number of nitrogens with zero attached hydrogens (tertiary/aromatic N) is 2. The highest BCUT2D eigenvalue weighted by Gasteiger charge is 2.15. The van der Waals surface area contributed by atoms with E-state index in [1.54, 1.807) is 11.8 Å². The van der Waals surface area contributed by atoms with Crippen molar-refractivity contribution in [3.8, 4) is 5.69 Å². The van der Waals surface area contributed by atoms with Crippen molar-refractivity contribution in [1.29, 1.82) is 0 Å². The van der Waals surface area contributed by atoms with Crippen LogP contribution in [0.4, 0.5) is 0 Å². The van der Waals surface area contributed by atoms with Gasteiger partial charge in [0.2, 0.25) is 0 Å². The lowest BCUT2D eigenvalue weighted by Crippen LogP contribution is -2.22. The lowest BCUT2D eigenvalue weighted by molar-refractivity contribution is 0.102. The normalized spacial score (nSPS) is 12.3. The second-order valence-corrected chi connectivity index (χ2v) is 6.23. The molecule has 0 spiro atoms. The summed E-state index contributed by atoms with van der Waals surface area (Å²) in [5.74, 6) is 0. The molecule has 3 aromatic rings. The Hall–Kier alpha value is -2.14. The van der Waals surface area contributed by atoms with Crippen molar-refractivity contribution >= 4 is 11.6 Å². The average molecular weight is 356 g/mol. The molecule has 1 unspecified atom stereocenters. The fourth-order valence-corrected chi connectivity index (χ4v) is 3.14. The van der Waals surface area contributed by atoms with Gasteiger partial charge in [-0.2, -0.15) is 5.10 Å². The topological polar surface area (TPSA) is 39.1 Å². The molecule has 130 valence electrons. The van der Waals surface area contributed by atoms with E-state index in [9.17, 15) is 0 Å². The molecule has 0 aliphatic rings. The van der Waals surface area contributed by atoms with Gasteiger partial charge in [0.1, 0.15) is 5.15 Å². The van der Waals surface area contributed by atoms with E-state index in [-0.39, 0.29) is 6.10 Å². The molecule has 1 N–H and O–H groups in total. The van der Waals surface area contributed by atoms with Crippen LogP contribution in [-0.4, -0.2) is 23.4 Å². The van der Waals surface area contributed by atoms with Gasteiger partial charge in [-0.3, -0.25) is 0 Å². The van der Waals surface area contributed by atoms with Gasteiger partial charge in [0, 0.05) is 25.8 Å². The highest BCUT2D eigenvalue weighted by molar-refractivity contribution is 6.30. The largest absolute Gasteiger partial charge is 0.375 e. The first-order chi connectivity index (χ1) is 12.2. The van der Waals surface area contributed by atoms with Gasteiger partial charge < -0.3 is 10.1 Å². The molecule has 4 nitrogen and oxygen atoms in total. The van der Waals surface area contributed by atoms with E-state index < -0.39 is 0 Å². The summed E-state index contributed by atoms with van der Waals surface area (Å²) in [5.41, 5.74) is 4.05. The lowest BCUT2D eigenvalue weighted by atomic mass is 10.1. The van der Waals surface area contributed by atoms with E-state index in [0.717, 1.165) is 22.5 Å². The molecule has 0 saturated heterocycles. The average Bonchev–Trinajstić information content (AvgIpc) is 2.94. The summed E-state index contributed by atoms with van der Waals surface area (Å²) in [6.45, 7) is 3.32. The molecule has 0 saturated carbocycles. The van der Waals surface area contributed by atoms with Crippen LogP contribution in [0.25, 0.3) is 5.69 Å². The van der Waals surface area contributed by atoms with Gasteiger partial charge in [-0.05, 0) is 24.6 Å². The summed E-state index contributed by atoms with van der Waals surface area (Å²) in [6, 6.07) is 20.1. The highest BCUT2D eigenvalue weighted by atomic mass is 35.5. The maximum Gasteiger partial charge on any atom is 0.137 e. The molecule has 0 aliphatic carbocycles. The number of benzene rings is 2. The number of aryl methyl sites for hydroxylation is 1. The maximum absolute atomic E-state index is 6.56. The van der Waals surface area contributed by atoms with Gasteiger partial charge in [0.05, 0.1) is 17.5 Å². The summed E-state index contributed by atoms with van der Waals surface area (Å²) >= 11 is 6.56. The van der Waals surface area contributed by atoms with Crippen LogP contribution in [0.15, 0.2) is 60.7 Å². The Balaban J connectivity index is 1.68. The summed E-state index contributed by atoms with van der Waals surface area (Å²) in [5, 5.41) is 8.65. The van der Waals surface area contributed by atoms with Crippen LogP contribution in [0.2, 0.25) is 5.15 Å². The van der Waals surface area contributed by atoms with E-state index in [1.165, 1.54) is 0 Å². The van der Waals surface area contributed by atoms with Crippen LogP contribution in [0, 0.1) is 6.92 Å². The van der Waals surface area contributed by atoms with Crippen molar-refractivity contribution in [2.45, 2.75) is 19.6 Å². The van der Waals surface area contributed by atoms with Crippen LogP contribution in [0.1, 0.15) is 22.9 Å². The molecule has 0 aliphatic heterocycles. The Kier molecular flexibility index (Phi) is 5.87. The van der Waals surface area contributed by atoms with Crippen LogP contribution < -0.4 is 5.32 Å². The standard InChI is InChI=1S/C20H22ClN3O/c1-15-18(20(21)24(23-15)17-11-7-4-8-12-17)13-22-14-19(25-2)16-9-5-3-6-10-16/h3-12,19,22H,13-14H2,1-2H3. The van der Waals surface area contributed by atoms with E-state index in [2.05, 4.69) is 22.5 Å². The van der Waals surface area contributed by atoms with Crippen LogP contribution in [0.3, 0.4) is 0 Å². The molecule has 1 heterocycles. The van der Waals surface area contributed by atoms with E-state index in [4.69, 9.17) is 16.3 Å². The summed E-state index contributed by atoms with van der Waals surface area (Å²) in [7, 11) is 1.73. The molecule has 0 radical (unpaired) electrons. The smallest absolute Gasteiger partial charge is 0.137 e. The third-order valence-corrected chi connectivity index (χ3v) is 4.60. The first kappa shape index (κ1) is 17.7. The number of methoxy groups -OCH3 is 1. The third-order valence-electron chi connectivity index (χ3n) is 4.21. The number of halogens is 1. The highest BCUT2D eigenvalue weighted by Crippen LogP contribution is 2.23. The van der Waals surface area contributed by atoms with E-state index in [1.807, 2.05) is 55.5 Å². The van der Waals surface area contributed by atoms with Crippen LogP contribution in [-0.2, 0) is 11.3 Å². The minimum atomic E-state index is 0.00412. The molecule has 3 rings (SSSR count). The minimum absolute atomic E-state index is 0.00412. The zero-order chi connectivity index (χ0) is 17.6. The molecule has 25 heavy (non-hydrogen) atoms. The Labute approximate surface area is 153 Å². The second-order valence-electron chi connectivity index (χ2n) is 5.87. The zero-order valence-corrected chi connectivity index (χ0v) is 15.2. The SMILES string of the molecule is COC(CNCc1c(C)nn(-c2ccccc2)c1Cl)c1ccccc1. The third kappa shape index (κ3) is 4.10. The van der Waals surface area contributed by atoms with Crippen molar-refractivity contribution in [2.75, 3.05) is 13.7 Å². The van der Waals surface area contributed by atoms with Crippen molar-refractivity contribution in [1.82, 2.24) is 15.1 Å². The Morgan fingerprint density at radius 3 is 2.36 bits per heavy atom. The van der Waals surface area contributed by atoms with E-state index in [0.29, 0.717) is 18.2 Å². The number of hydrogen-bond donors (Lipinski definition) is 1. The fraction of sp³-hybridized carbons (Fsp3) is 0.250. The van der Waals surface area contributed by atoms with Crippen LogP contribution in [0.5, 0.6) is 0 Å². The zero-order valence-electron chi connectivity index (χ0n) is 14.4. The Bertz CT molecular complexity index is 803. The van der Waals surface area contributed by atoms with Gasteiger partial charge in [-0.25, -0.2) is 4.68 Å². The number of ether oxygens (including phenoxy) is 1. The molecule has 1 aromatic heterocycles. The Morgan fingerprint density at radius 1 is 1.08 bits per heavy atom. The van der Waals surface area contributed by atoms with Gasteiger partial charge in [-0.15, -0.1) is 0 Å². The molecule has 0 amide bonds. The molecule has 0 bridgehead atoms. The van der Waals surface area contributed by atoms with Crippen molar-refractivity contribution in [2.24, 2.45) is 0 Å². The number of aromatic nitrogens is 2. The predicted molar refractivity (Wildman–Crippen MR) is 101 cm³/mol. The van der Waals surface area contributed by atoms with Gasteiger partial charge in [-0.1, -0.05) is 60.1 Å². The summed E-state index contributed by atoms with van der Waals surface area (Å²) < 4.78 is 7.37. The van der Waals surface area contributed by atoms with Gasteiger partial charge in [0.25, 0.3) is 0 Å². The number of hydrogen-bond acceptors (Lipinski definition) is 3. The maximum atomic E-state index is 6.56. The minimum Gasteiger partial charge on any atom is -0.375 e. The Morgan fingerprint density at radius 2 is 1.72 bits per heavy atom. The van der Waals surface area contributed by atoms with Crippen LogP contribution >= 0.6 is 11.6 Å². The lowest BCUT2D eigenvalue weighted by Gasteiger charge is -2.16. The molecule has 0 fully saturated rings. The molecule has 1 atom stereocenters.